The molecule has 154 valence electrons. The number of carbonyl (C=O) groups excluding carboxylic acids is 2. The summed E-state index contributed by atoms with van der Waals surface area (Å²) >= 11 is 0. The molecule has 0 radical (unpaired) electrons. The van der Waals surface area contributed by atoms with Crippen molar-refractivity contribution in [3.05, 3.63) is 89.0 Å². The zero-order chi connectivity index (χ0) is 21.5. The number of benzene rings is 3. The number of anilines is 1. The van der Waals surface area contributed by atoms with Gasteiger partial charge >= 0.3 is 0 Å². The summed E-state index contributed by atoms with van der Waals surface area (Å²) in [6.07, 6.45) is 0. The highest BCUT2D eigenvalue weighted by Gasteiger charge is 2.12. The van der Waals surface area contributed by atoms with Crippen LogP contribution in [0, 0.1) is 6.92 Å². The summed E-state index contributed by atoms with van der Waals surface area (Å²) in [7, 11) is 0. The van der Waals surface area contributed by atoms with Crippen molar-refractivity contribution in [3.8, 4) is 11.5 Å². The van der Waals surface area contributed by atoms with E-state index in [2.05, 4.69) is 5.32 Å². The molecule has 3 rings (SSSR count). The maximum Gasteiger partial charge on any atom is 0.255 e. The Morgan fingerprint density at radius 1 is 0.900 bits per heavy atom. The first-order chi connectivity index (χ1) is 14.5. The standard InChI is InChI=1S/C25H25NO4/c1-4-29-24-13-10-20(14-21(24)16-30-23-11-8-17(2)9-12-23)25(28)26-22-7-5-6-19(15-22)18(3)27/h5-15H,4,16H2,1-3H3,(H,26,28). The fraction of sp³-hybridized carbons (Fsp3) is 0.200. The average Bonchev–Trinajstić information content (AvgIpc) is 2.74. The number of aryl methyl sites for hydroxylation is 1. The van der Waals surface area contributed by atoms with E-state index < -0.39 is 0 Å². The molecule has 5 nitrogen and oxygen atoms in total. The van der Waals surface area contributed by atoms with Gasteiger partial charge < -0.3 is 14.8 Å². The van der Waals surface area contributed by atoms with E-state index in [9.17, 15) is 9.59 Å². The van der Waals surface area contributed by atoms with E-state index in [1.807, 2.05) is 38.1 Å². The van der Waals surface area contributed by atoms with Crippen LogP contribution in [0.3, 0.4) is 0 Å². The van der Waals surface area contributed by atoms with Crippen molar-refractivity contribution in [1.29, 1.82) is 0 Å². The topological polar surface area (TPSA) is 64.6 Å². The Labute approximate surface area is 176 Å². The largest absolute Gasteiger partial charge is 0.493 e. The monoisotopic (exact) mass is 403 g/mol. The number of nitrogens with one attached hydrogen (secondary N) is 1. The molecule has 3 aromatic rings. The first-order valence-corrected chi connectivity index (χ1v) is 9.84. The predicted octanol–water partition coefficient (Wildman–Crippen LogP) is 5.43. The van der Waals surface area contributed by atoms with Gasteiger partial charge in [-0.25, -0.2) is 0 Å². The number of hydrogen-bond donors (Lipinski definition) is 1. The fourth-order valence-electron chi connectivity index (χ4n) is 2.94. The summed E-state index contributed by atoms with van der Waals surface area (Å²) in [6, 6.07) is 19.9. The Hall–Kier alpha value is -3.60. The Morgan fingerprint density at radius 3 is 2.37 bits per heavy atom. The minimum absolute atomic E-state index is 0.0530. The van der Waals surface area contributed by atoms with Crippen LogP contribution >= 0.6 is 0 Å². The van der Waals surface area contributed by atoms with Crippen LogP contribution in [0.1, 0.15) is 45.7 Å². The summed E-state index contributed by atoms with van der Waals surface area (Å²) < 4.78 is 11.6. The minimum Gasteiger partial charge on any atom is -0.493 e. The van der Waals surface area contributed by atoms with Gasteiger partial charge in [-0.3, -0.25) is 9.59 Å². The molecule has 0 heterocycles. The van der Waals surface area contributed by atoms with Crippen LogP contribution in [0.25, 0.3) is 0 Å². The van der Waals surface area contributed by atoms with Crippen LogP contribution in [0.4, 0.5) is 5.69 Å². The number of ether oxygens (including phenoxy) is 2. The Morgan fingerprint density at radius 2 is 1.67 bits per heavy atom. The number of Topliss-reactive ketones (excluding diaryl/α,β-unsaturated/α-hetero) is 1. The molecular weight excluding hydrogens is 378 g/mol. The molecule has 3 aromatic carbocycles. The van der Waals surface area contributed by atoms with Gasteiger partial charge in [0.1, 0.15) is 18.1 Å². The molecule has 0 spiro atoms. The van der Waals surface area contributed by atoms with Gasteiger partial charge in [-0.1, -0.05) is 29.8 Å². The predicted molar refractivity (Wildman–Crippen MR) is 118 cm³/mol. The molecule has 0 aliphatic heterocycles. The van der Waals surface area contributed by atoms with Gasteiger partial charge in [0.05, 0.1) is 6.61 Å². The van der Waals surface area contributed by atoms with Crippen molar-refractivity contribution in [3.63, 3.8) is 0 Å². The normalized spacial score (nSPS) is 10.4. The second kappa shape index (κ2) is 9.74. The van der Waals surface area contributed by atoms with E-state index in [4.69, 9.17) is 9.47 Å². The van der Waals surface area contributed by atoms with Crippen LogP contribution in [0.5, 0.6) is 11.5 Å². The van der Waals surface area contributed by atoms with Gasteiger partial charge in [0.2, 0.25) is 0 Å². The Kier molecular flexibility index (Phi) is 6.86. The summed E-state index contributed by atoms with van der Waals surface area (Å²) in [5.41, 5.74) is 3.53. The average molecular weight is 403 g/mol. The molecule has 0 aliphatic carbocycles. The second-order valence-corrected chi connectivity index (χ2v) is 6.95. The third-order valence-electron chi connectivity index (χ3n) is 4.56. The number of amides is 1. The van der Waals surface area contributed by atoms with Crippen LogP contribution in [0.2, 0.25) is 0 Å². The minimum atomic E-state index is -0.268. The summed E-state index contributed by atoms with van der Waals surface area (Å²) in [6.45, 7) is 6.21. The van der Waals surface area contributed by atoms with Crippen molar-refractivity contribution >= 4 is 17.4 Å². The van der Waals surface area contributed by atoms with E-state index in [-0.39, 0.29) is 18.3 Å². The maximum absolute atomic E-state index is 12.8. The summed E-state index contributed by atoms with van der Waals surface area (Å²) in [5.74, 6) is 1.11. The lowest BCUT2D eigenvalue weighted by atomic mass is 10.1. The molecule has 30 heavy (non-hydrogen) atoms. The molecule has 1 N–H and O–H groups in total. The number of rotatable bonds is 8. The Balaban J connectivity index is 1.78. The van der Waals surface area contributed by atoms with Crippen LogP contribution in [-0.2, 0) is 6.61 Å². The lowest BCUT2D eigenvalue weighted by Crippen LogP contribution is -2.13. The number of ketones is 1. The lowest BCUT2D eigenvalue weighted by molar-refractivity contribution is 0.101. The van der Waals surface area contributed by atoms with Gasteiger partial charge in [0.15, 0.2) is 5.78 Å². The van der Waals surface area contributed by atoms with Crippen molar-refractivity contribution < 1.29 is 19.1 Å². The van der Waals surface area contributed by atoms with Crippen LogP contribution in [0.15, 0.2) is 66.7 Å². The highest BCUT2D eigenvalue weighted by molar-refractivity contribution is 6.05. The zero-order valence-electron chi connectivity index (χ0n) is 17.4. The lowest BCUT2D eigenvalue weighted by Gasteiger charge is -2.14. The van der Waals surface area contributed by atoms with E-state index in [1.54, 1.807) is 42.5 Å². The molecule has 0 saturated heterocycles. The highest BCUT2D eigenvalue weighted by Crippen LogP contribution is 2.24. The van der Waals surface area contributed by atoms with Crippen LogP contribution < -0.4 is 14.8 Å². The van der Waals surface area contributed by atoms with E-state index >= 15 is 0 Å². The van der Waals surface area contributed by atoms with Gasteiger partial charge in [-0.2, -0.15) is 0 Å². The summed E-state index contributed by atoms with van der Waals surface area (Å²) in [5, 5.41) is 2.84. The molecule has 0 atom stereocenters. The van der Waals surface area contributed by atoms with Crippen LogP contribution in [-0.4, -0.2) is 18.3 Å². The van der Waals surface area contributed by atoms with Crippen molar-refractivity contribution in [2.45, 2.75) is 27.4 Å². The maximum atomic E-state index is 12.8. The molecule has 0 aliphatic rings. The SMILES string of the molecule is CCOc1ccc(C(=O)Nc2cccc(C(C)=O)c2)cc1COc1ccc(C)cc1. The molecule has 0 fully saturated rings. The van der Waals surface area contributed by atoms with Gasteiger partial charge in [0.25, 0.3) is 5.91 Å². The molecule has 0 aromatic heterocycles. The number of hydrogen-bond acceptors (Lipinski definition) is 4. The van der Waals surface area contributed by atoms with Gasteiger partial charge in [0, 0.05) is 22.4 Å². The Bertz CT molecular complexity index is 1040. The molecule has 5 heteroatoms. The molecule has 0 unspecified atom stereocenters. The van der Waals surface area contributed by atoms with Crippen molar-refractivity contribution in [2.75, 3.05) is 11.9 Å². The quantitative estimate of drug-likeness (QED) is 0.510. The van der Waals surface area contributed by atoms with E-state index in [0.717, 1.165) is 16.9 Å². The first-order valence-electron chi connectivity index (χ1n) is 9.84. The molecule has 1 amide bonds. The third-order valence-corrected chi connectivity index (χ3v) is 4.56. The molecule has 0 bridgehead atoms. The summed E-state index contributed by atoms with van der Waals surface area (Å²) in [4.78, 5) is 24.3. The smallest absolute Gasteiger partial charge is 0.255 e. The molecule has 0 saturated carbocycles. The van der Waals surface area contributed by atoms with Gasteiger partial charge in [-0.05, 0) is 63.2 Å². The third kappa shape index (κ3) is 5.47. The van der Waals surface area contributed by atoms with Crippen molar-refractivity contribution in [1.82, 2.24) is 0 Å². The van der Waals surface area contributed by atoms with Crippen molar-refractivity contribution in [2.24, 2.45) is 0 Å². The second-order valence-electron chi connectivity index (χ2n) is 6.95. The first kappa shape index (κ1) is 21.1. The van der Waals surface area contributed by atoms with E-state index in [0.29, 0.717) is 29.2 Å². The highest BCUT2D eigenvalue weighted by atomic mass is 16.5. The van der Waals surface area contributed by atoms with E-state index in [1.165, 1.54) is 6.92 Å². The number of carbonyl (C=O) groups is 2. The fourth-order valence-corrected chi connectivity index (χ4v) is 2.94. The zero-order valence-corrected chi connectivity index (χ0v) is 17.4. The molecular formula is C25H25NO4. The van der Waals surface area contributed by atoms with Gasteiger partial charge in [-0.15, -0.1) is 0 Å².